The third-order valence-corrected chi connectivity index (χ3v) is 2.05. The molecule has 0 amide bonds. The van der Waals surface area contributed by atoms with E-state index in [1.807, 2.05) is 13.1 Å². The van der Waals surface area contributed by atoms with E-state index in [-0.39, 0.29) is 0 Å². The first-order valence-electron chi connectivity index (χ1n) is 4.61. The first-order chi connectivity index (χ1) is 6.29. The van der Waals surface area contributed by atoms with Gasteiger partial charge in [0.1, 0.15) is 5.82 Å². The second-order valence-electron chi connectivity index (χ2n) is 3.29. The SMILES string of the molecule is CCCc1cnc2nc(C)[nH]c2c1. The van der Waals surface area contributed by atoms with Gasteiger partial charge >= 0.3 is 0 Å². The minimum absolute atomic E-state index is 0.817. The molecule has 68 valence electrons. The van der Waals surface area contributed by atoms with E-state index in [4.69, 9.17) is 0 Å². The largest absolute Gasteiger partial charge is 0.341 e. The molecular formula is C10H13N3. The Bertz CT molecular complexity index is 417. The van der Waals surface area contributed by atoms with E-state index in [1.165, 1.54) is 5.56 Å². The van der Waals surface area contributed by atoms with E-state index < -0.39 is 0 Å². The van der Waals surface area contributed by atoms with Gasteiger partial charge in [-0.1, -0.05) is 13.3 Å². The number of H-pyrrole nitrogens is 1. The number of nitrogens with zero attached hydrogens (tertiary/aromatic N) is 2. The molecule has 0 aliphatic carbocycles. The van der Waals surface area contributed by atoms with Crippen LogP contribution < -0.4 is 0 Å². The van der Waals surface area contributed by atoms with Gasteiger partial charge < -0.3 is 4.98 Å². The summed E-state index contributed by atoms with van der Waals surface area (Å²) in [5, 5.41) is 0. The van der Waals surface area contributed by atoms with Crippen LogP contribution in [0.4, 0.5) is 0 Å². The zero-order valence-corrected chi connectivity index (χ0v) is 7.96. The minimum Gasteiger partial charge on any atom is -0.341 e. The van der Waals surface area contributed by atoms with Crippen molar-refractivity contribution in [2.75, 3.05) is 0 Å². The first kappa shape index (κ1) is 8.23. The Morgan fingerprint density at radius 3 is 3.08 bits per heavy atom. The molecule has 0 saturated heterocycles. The molecule has 2 heterocycles. The summed E-state index contributed by atoms with van der Waals surface area (Å²) >= 11 is 0. The number of fused-ring (bicyclic) bond motifs is 1. The quantitative estimate of drug-likeness (QED) is 0.760. The Morgan fingerprint density at radius 1 is 1.46 bits per heavy atom. The molecule has 0 aliphatic rings. The number of rotatable bonds is 2. The molecule has 0 unspecified atom stereocenters. The van der Waals surface area contributed by atoms with Crippen molar-refractivity contribution in [2.45, 2.75) is 26.7 Å². The first-order valence-corrected chi connectivity index (χ1v) is 4.61. The summed E-state index contributed by atoms with van der Waals surface area (Å²) in [6.45, 7) is 4.11. The second-order valence-corrected chi connectivity index (χ2v) is 3.29. The highest BCUT2D eigenvalue weighted by Gasteiger charge is 2.00. The van der Waals surface area contributed by atoms with Gasteiger partial charge in [-0.05, 0) is 25.0 Å². The van der Waals surface area contributed by atoms with Gasteiger partial charge in [-0.3, -0.25) is 0 Å². The van der Waals surface area contributed by atoms with Crippen molar-refractivity contribution in [1.29, 1.82) is 0 Å². The lowest BCUT2D eigenvalue weighted by Crippen LogP contribution is -1.85. The number of imidazole rings is 1. The van der Waals surface area contributed by atoms with Gasteiger partial charge in [0.25, 0.3) is 0 Å². The molecule has 3 heteroatoms. The van der Waals surface area contributed by atoms with E-state index in [0.29, 0.717) is 0 Å². The van der Waals surface area contributed by atoms with Crippen molar-refractivity contribution in [2.24, 2.45) is 0 Å². The molecule has 3 nitrogen and oxygen atoms in total. The maximum atomic E-state index is 4.28. The molecule has 0 saturated carbocycles. The number of hydrogen-bond donors (Lipinski definition) is 1. The number of aryl methyl sites for hydroxylation is 2. The number of hydrogen-bond acceptors (Lipinski definition) is 2. The summed E-state index contributed by atoms with van der Waals surface area (Å²) < 4.78 is 0. The van der Waals surface area contributed by atoms with Crippen molar-refractivity contribution in [3.8, 4) is 0 Å². The number of pyridine rings is 1. The molecule has 0 aromatic carbocycles. The highest BCUT2D eigenvalue weighted by Crippen LogP contribution is 2.11. The van der Waals surface area contributed by atoms with Crippen LogP contribution in [0.3, 0.4) is 0 Å². The lowest BCUT2D eigenvalue weighted by Gasteiger charge is -1.95. The molecular weight excluding hydrogens is 162 g/mol. The maximum absolute atomic E-state index is 4.28. The van der Waals surface area contributed by atoms with Gasteiger partial charge in [0.05, 0.1) is 5.52 Å². The van der Waals surface area contributed by atoms with Crippen molar-refractivity contribution >= 4 is 11.2 Å². The van der Waals surface area contributed by atoms with Gasteiger partial charge in [-0.15, -0.1) is 0 Å². The van der Waals surface area contributed by atoms with Crippen molar-refractivity contribution < 1.29 is 0 Å². The van der Waals surface area contributed by atoms with Crippen LogP contribution in [0.5, 0.6) is 0 Å². The molecule has 0 radical (unpaired) electrons. The highest BCUT2D eigenvalue weighted by atomic mass is 15.0. The third-order valence-electron chi connectivity index (χ3n) is 2.05. The lowest BCUT2D eigenvalue weighted by molar-refractivity contribution is 0.917. The van der Waals surface area contributed by atoms with E-state index in [0.717, 1.165) is 29.8 Å². The molecule has 1 N–H and O–H groups in total. The smallest absolute Gasteiger partial charge is 0.177 e. The van der Waals surface area contributed by atoms with Gasteiger partial charge in [0.15, 0.2) is 5.65 Å². The van der Waals surface area contributed by atoms with Crippen LogP contribution in [-0.4, -0.2) is 15.0 Å². The standard InChI is InChI=1S/C10H13N3/c1-3-4-8-5-9-10(11-6-8)13-7(2)12-9/h5-6H,3-4H2,1-2H3,(H,11,12,13). The molecule has 13 heavy (non-hydrogen) atoms. The molecule has 0 bridgehead atoms. The minimum atomic E-state index is 0.817. The Labute approximate surface area is 77.2 Å². The van der Waals surface area contributed by atoms with Gasteiger partial charge in [-0.2, -0.15) is 0 Å². The van der Waals surface area contributed by atoms with Crippen LogP contribution >= 0.6 is 0 Å². The normalized spacial score (nSPS) is 10.9. The lowest BCUT2D eigenvalue weighted by atomic mass is 10.2. The average Bonchev–Trinajstić information content (AvgIpc) is 2.44. The zero-order chi connectivity index (χ0) is 9.26. The molecule has 0 fully saturated rings. The highest BCUT2D eigenvalue weighted by molar-refractivity contribution is 5.70. The van der Waals surface area contributed by atoms with Crippen molar-refractivity contribution in [1.82, 2.24) is 15.0 Å². The van der Waals surface area contributed by atoms with Gasteiger partial charge in [0, 0.05) is 6.20 Å². The fraction of sp³-hybridized carbons (Fsp3) is 0.400. The molecule has 2 aromatic rings. The topological polar surface area (TPSA) is 41.6 Å². The predicted octanol–water partition coefficient (Wildman–Crippen LogP) is 2.22. The fourth-order valence-corrected chi connectivity index (χ4v) is 1.49. The van der Waals surface area contributed by atoms with E-state index in [9.17, 15) is 0 Å². The Kier molecular flexibility index (Phi) is 2.00. The summed E-state index contributed by atoms with van der Waals surface area (Å²) in [5.41, 5.74) is 3.14. The average molecular weight is 175 g/mol. The summed E-state index contributed by atoms with van der Waals surface area (Å²) in [4.78, 5) is 11.7. The zero-order valence-electron chi connectivity index (χ0n) is 7.96. The fourth-order valence-electron chi connectivity index (χ4n) is 1.49. The van der Waals surface area contributed by atoms with Crippen molar-refractivity contribution in [3.05, 3.63) is 23.7 Å². The molecule has 2 aromatic heterocycles. The second kappa shape index (κ2) is 3.17. The van der Waals surface area contributed by atoms with E-state index in [1.54, 1.807) is 0 Å². The van der Waals surface area contributed by atoms with Crippen molar-refractivity contribution in [3.63, 3.8) is 0 Å². The molecule has 0 atom stereocenters. The monoisotopic (exact) mass is 175 g/mol. The number of aromatic amines is 1. The summed E-state index contributed by atoms with van der Waals surface area (Å²) in [7, 11) is 0. The van der Waals surface area contributed by atoms with Crippen LogP contribution in [0.2, 0.25) is 0 Å². The molecule has 2 rings (SSSR count). The Balaban J connectivity index is 2.48. The van der Waals surface area contributed by atoms with E-state index in [2.05, 4.69) is 27.9 Å². The summed E-state index contributed by atoms with van der Waals surface area (Å²) in [6.07, 6.45) is 4.15. The molecule has 0 spiro atoms. The van der Waals surface area contributed by atoms with Crippen LogP contribution in [0.1, 0.15) is 24.7 Å². The van der Waals surface area contributed by atoms with Crippen LogP contribution in [-0.2, 0) is 6.42 Å². The number of aromatic nitrogens is 3. The predicted molar refractivity (Wildman–Crippen MR) is 52.6 cm³/mol. The molecule has 0 aliphatic heterocycles. The third kappa shape index (κ3) is 1.54. The Hall–Kier alpha value is -1.38. The summed E-state index contributed by atoms with van der Waals surface area (Å²) in [5.74, 6) is 0.927. The van der Waals surface area contributed by atoms with Gasteiger partial charge in [-0.25, -0.2) is 9.97 Å². The Morgan fingerprint density at radius 2 is 2.31 bits per heavy atom. The maximum Gasteiger partial charge on any atom is 0.177 e. The van der Waals surface area contributed by atoms with Crippen LogP contribution in [0.25, 0.3) is 11.2 Å². The van der Waals surface area contributed by atoms with Crippen LogP contribution in [0, 0.1) is 6.92 Å². The number of nitrogens with one attached hydrogen (secondary N) is 1. The van der Waals surface area contributed by atoms with E-state index >= 15 is 0 Å². The van der Waals surface area contributed by atoms with Crippen LogP contribution in [0.15, 0.2) is 12.3 Å². The summed E-state index contributed by atoms with van der Waals surface area (Å²) in [6, 6.07) is 2.13. The van der Waals surface area contributed by atoms with Gasteiger partial charge in [0.2, 0.25) is 0 Å².